The van der Waals surface area contributed by atoms with Crippen molar-refractivity contribution in [2.24, 2.45) is 0 Å². The molecule has 1 heterocycles. The van der Waals surface area contributed by atoms with Crippen LogP contribution in [-0.4, -0.2) is 25.3 Å². The van der Waals surface area contributed by atoms with Gasteiger partial charge < -0.3 is 10.1 Å². The van der Waals surface area contributed by atoms with Gasteiger partial charge in [-0.3, -0.25) is 0 Å². The van der Waals surface area contributed by atoms with Crippen LogP contribution in [0.2, 0.25) is 0 Å². The van der Waals surface area contributed by atoms with Crippen LogP contribution in [0.25, 0.3) is 0 Å². The summed E-state index contributed by atoms with van der Waals surface area (Å²) >= 11 is 0. The van der Waals surface area contributed by atoms with Gasteiger partial charge in [-0.1, -0.05) is 12.8 Å². The number of halogens is 1. The highest BCUT2D eigenvalue weighted by atomic mass is 35.5. The van der Waals surface area contributed by atoms with Gasteiger partial charge in [0.25, 0.3) is 0 Å². The summed E-state index contributed by atoms with van der Waals surface area (Å²) < 4.78 is 5.55. The van der Waals surface area contributed by atoms with Crippen LogP contribution in [0.1, 0.15) is 38.5 Å². The molecule has 78 valence electrons. The van der Waals surface area contributed by atoms with Crippen molar-refractivity contribution >= 4 is 12.4 Å². The van der Waals surface area contributed by atoms with Crippen molar-refractivity contribution in [1.82, 2.24) is 5.32 Å². The van der Waals surface area contributed by atoms with Gasteiger partial charge in [-0.2, -0.15) is 0 Å². The highest BCUT2D eigenvalue weighted by molar-refractivity contribution is 5.85. The van der Waals surface area contributed by atoms with Crippen LogP contribution in [0.4, 0.5) is 0 Å². The van der Waals surface area contributed by atoms with Crippen molar-refractivity contribution in [3.63, 3.8) is 0 Å². The predicted octanol–water partition coefficient (Wildman–Crippen LogP) is 2.12. The largest absolute Gasteiger partial charge is 0.377 e. The van der Waals surface area contributed by atoms with E-state index in [2.05, 4.69) is 5.32 Å². The minimum Gasteiger partial charge on any atom is -0.377 e. The monoisotopic (exact) mass is 205 g/mol. The summed E-state index contributed by atoms with van der Waals surface area (Å²) in [6.45, 7) is 2.07. The molecule has 1 atom stereocenters. The molecule has 3 heteroatoms. The Morgan fingerprint density at radius 1 is 1.08 bits per heavy atom. The van der Waals surface area contributed by atoms with E-state index in [0.29, 0.717) is 6.10 Å². The second-order valence-electron chi connectivity index (χ2n) is 4.02. The van der Waals surface area contributed by atoms with Gasteiger partial charge >= 0.3 is 0 Å². The van der Waals surface area contributed by atoms with E-state index in [1.165, 1.54) is 38.5 Å². The standard InChI is InChI=1S/C10H19NO.ClH/c1-2-5-9(4-1)11-8-10-6-3-7-12-10;/h9-11H,1-8H2;1H. The first kappa shape index (κ1) is 11.3. The first-order chi connectivity index (χ1) is 5.95. The molecule has 1 saturated carbocycles. The molecule has 2 nitrogen and oxygen atoms in total. The van der Waals surface area contributed by atoms with Gasteiger partial charge in [0.05, 0.1) is 6.10 Å². The van der Waals surface area contributed by atoms with Crippen LogP contribution in [-0.2, 0) is 4.74 Å². The number of hydrogen-bond acceptors (Lipinski definition) is 2. The van der Waals surface area contributed by atoms with E-state index in [1.54, 1.807) is 0 Å². The van der Waals surface area contributed by atoms with E-state index in [9.17, 15) is 0 Å². The van der Waals surface area contributed by atoms with Gasteiger partial charge in [-0.05, 0) is 25.7 Å². The summed E-state index contributed by atoms with van der Waals surface area (Å²) in [4.78, 5) is 0. The van der Waals surface area contributed by atoms with Crippen LogP contribution < -0.4 is 5.32 Å². The van der Waals surface area contributed by atoms with Crippen molar-refractivity contribution in [3.8, 4) is 0 Å². The summed E-state index contributed by atoms with van der Waals surface area (Å²) in [6.07, 6.45) is 8.65. The van der Waals surface area contributed by atoms with Gasteiger partial charge in [0.2, 0.25) is 0 Å². The maximum atomic E-state index is 5.55. The average Bonchev–Trinajstić information content (AvgIpc) is 2.74. The molecule has 2 fully saturated rings. The van der Waals surface area contributed by atoms with Crippen LogP contribution in [0.15, 0.2) is 0 Å². The lowest BCUT2D eigenvalue weighted by Crippen LogP contribution is -2.33. The smallest absolute Gasteiger partial charge is 0.0700 e. The average molecular weight is 206 g/mol. The molecule has 2 rings (SSSR count). The number of nitrogens with one attached hydrogen (secondary N) is 1. The Morgan fingerprint density at radius 2 is 1.85 bits per heavy atom. The molecule has 1 aliphatic carbocycles. The summed E-state index contributed by atoms with van der Waals surface area (Å²) in [7, 11) is 0. The SMILES string of the molecule is C1CCC(NCC2CCCO2)C1.Cl. The van der Waals surface area contributed by atoms with Crippen LogP contribution in [0.3, 0.4) is 0 Å². The van der Waals surface area contributed by atoms with Gasteiger partial charge in [0, 0.05) is 19.2 Å². The lowest BCUT2D eigenvalue weighted by atomic mass is 10.2. The lowest BCUT2D eigenvalue weighted by molar-refractivity contribution is 0.107. The summed E-state index contributed by atoms with van der Waals surface area (Å²) in [5.41, 5.74) is 0. The van der Waals surface area contributed by atoms with E-state index in [1.807, 2.05) is 0 Å². The zero-order valence-corrected chi connectivity index (χ0v) is 8.94. The van der Waals surface area contributed by atoms with Gasteiger partial charge in [0.1, 0.15) is 0 Å². The van der Waals surface area contributed by atoms with Crippen molar-refractivity contribution in [3.05, 3.63) is 0 Å². The van der Waals surface area contributed by atoms with E-state index in [-0.39, 0.29) is 12.4 Å². The minimum absolute atomic E-state index is 0. The second kappa shape index (κ2) is 5.84. The van der Waals surface area contributed by atoms with E-state index in [4.69, 9.17) is 4.74 Å². The predicted molar refractivity (Wildman–Crippen MR) is 56.5 cm³/mol. The van der Waals surface area contributed by atoms with Crippen LogP contribution in [0.5, 0.6) is 0 Å². The minimum atomic E-state index is 0. The fraction of sp³-hybridized carbons (Fsp3) is 1.00. The zero-order valence-electron chi connectivity index (χ0n) is 8.13. The normalized spacial score (nSPS) is 29.1. The third kappa shape index (κ3) is 3.45. The molecule has 0 aromatic heterocycles. The molecule has 0 spiro atoms. The molecule has 13 heavy (non-hydrogen) atoms. The van der Waals surface area contributed by atoms with Crippen LogP contribution >= 0.6 is 12.4 Å². The quantitative estimate of drug-likeness (QED) is 0.762. The lowest BCUT2D eigenvalue weighted by Gasteiger charge is -2.15. The molecule has 1 unspecified atom stereocenters. The Balaban J connectivity index is 0.000000845. The Labute approximate surface area is 86.8 Å². The number of ether oxygens (including phenoxy) is 1. The van der Waals surface area contributed by atoms with Crippen molar-refractivity contribution in [2.45, 2.75) is 50.7 Å². The molecule has 0 radical (unpaired) electrons. The highest BCUT2D eigenvalue weighted by Gasteiger charge is 2.19. The van der Waals surface area contributed by atoms with E-state index < -0.39 is 0 Å². The van der Waals surface area contributed by atoms with Crippen molar-refractivity contribution < 1.29 is 4.74 Å². The summed E-state index contributed by atoms with van der Waals surface area (Å²) in [5, 5.41) is 3.60. The molecule has 2 aliphatic rings. The molecule has 0 amide bonds. The zero-order chi connectivity index (χ0) is 8.23. The first-order valence-electron chi connectivity index (χ1n) is 5.30. The van der Waals surface area contributed by atoms with Crippen molar-refractivity contribution in [2.75, 3.05) is 13.2 Å². The highest BCUT2D eigenvalue weighted by Crippen LogP contribution is 2.18. The van der Waals surface area contributed by atoms with Crippen molar-refractivity contribution in [1.29, 1.82) is 0 Å². The van der Waals surface area contributed by atoms with E-state index in [0.717, 1.165) is 19.2 Å². The Bertz CT molecular complexity index is 115. The Hall–Kier alpha value is 0.210. The topological polar surface area (TPSA) is 21.3 Å². The van der Waals surface area contributed by atoms with E-state index >= 15 is 0 Å². The van der Waals surface area contributed by atoms with Gasteiger partial charge in [0.15, 0.2) is 0 Å². The molecule has 1 saturated heterocycles. The molecule has 1 N–H and O–H groups in total. The second-order valence-corrected chi connectivity index (χ2v) is 4.02. The Kier molecular flexibility index (Phi) is 5.07. The maximum Gasteiger partial charge on any atom is 0.0700 e. The fourth-order valence-electron chi connectivity index (χ4n) is 2.23. The fourth-order valence-corrected chi connectivity index (χ4v) is 2.23. The molecular weight excluding hydrogens is 186 g/mol. The van der Waals surface area contributed by atoms with Crippen LogP contribution in [0, 0.1) is 0 Å². The Morgan fingerprint density at radius 3 is 2.46 bits per heavy atom. The molecule has 1 aliphatic heterocycles. The molecule has 0 bridgehead atoms. The molecule has 0 aromatic carbocycles. The van der Waals surface area contributed by atoms with Gasteiger partial charge in [-0.25, -0.2) is 0 Å². The summed E-state index contributed by atoms with van der Waals surface area (Å²) in [6, 6.07) is 0.800. The third-order valence-electron chi connectivity index (χ3n) is 3.01. The summed E-state index contributed by atoms with van der Waals surface area (Å²) in [5.74, 6) is 0. The number of hydrogen-bond donors (Lipinski definition) is 1. The molecular formula is C10H20ClNO. The van der Waals surface area contributed by atoms with Gasteiger partial charge in [-0.15, -0.1) is 12.4 Å². The molecule has 0 aromatic rings. The third-order valence-corrected chi connectivity index (χ3v) is 3.01. The first-order valence-corrected chi connectivity index (χ1v) is 5.30. The number of rotatable bonds is 3. The maximum absolute atomic E-state index is 5.55.